The first-order valence-corrected chi connectivity index (χ1v) is 8.69. The van der Waals surface area contributed by atoms with E-state index >= 15 is 0 Å². The highest BCUT2D eigenvalue weighted by Gasteiger charge is 2.41. The molecule has 1 aromatic rings. The van der Waals surface area contributed by atoms with Gasteiger partial charge in [-0.05, 0) is 12.0 Å². The van der Waals surface area contributed by atoms with Crippen LogP contribution in [-0.4, -0.2) is 51.9 Å². The van der Waals surface area contributed by atoms with Gasteiger partial charge in [-0.2, -0.15) is 0 Å². The lowest BCUT2D eigenvalue weighted by Crippen LogP contribution is -2.49. The number of sulfonamides is 1. The number of rotatable bonds is 4. The summed E-state index contributed by atoms with van der Waals surface area (Å²) < 4.78 is 36.2. The number of hydrogen-bond acceptors (Lipinski definition) is 5. The van der Waals surface area contributed by atoms with Gasteiger partial charge in [-0.25, -0.2) is 13.1 Å². The minimum atomic E-state index is -3.19. The molecule has 2 aliphatic heterocycles. The van der Waals surface area contributed by atoms with Gasteiger partial charge in [-0.3, -0.25) is 4.90 Å². The van der Waals surface area contributed by atoms with Crippen LogP contribution in [0.25, 0.3) is 0 Å². The van der Waals surface area contributed by atoms with E-state index in [1.165, 1.54) is 6.26 Å². The monoisotopic (exact) mass is 300 g/mol. The molecule has 3 heterocycles. The van der Waals surface area contributed by atoms with E-state index in [0.717, 1.165) is 25.2 Å². The Kier molecular flexibility index (Phi) is 3.85. The number of nitrogens with zero attached hydrogens (tertiary/aromatic N) is 1. The number of hydrogen-bond donors (Lipinski definition) is 1. The molecule has 0 saturated carbocycles. The summed E-state index contributed by atoms with van der Waals surface area (Å²) in [6.45, 7) is 3.86. The Morgan fingerprint density at radius 1 is 1.40 bits per heavy atom. The minimum Gasteiger partial charge on any atom is -0.472 e. The Balaban J connectivity index is 1.65. The van der Waals surface area contributed by atoms with E-state index < -0.39 is 10.0 Å². The van der Waals surface area contributed by atoms with E-state index in [9.17, 15) is 8.42 Å². The third-order valence-electron chi connectivity index (χ3n) is 4.07. The van der Waals surface area contributed by atoms with Crippen LogP contribution in [0.15, 0.2) is 23.0 Å². The highest BCUT2D eigenvalue weighted by Crippen LogP contribution is 2.31. The summed E-state index contributed by atoms with van der Waals surface area (Å²) >= 11 is 0. The lowest BCUT2D eigenvalue weighted by Gasteiger charge is -2.32. The van der Waals surface area contributed by atoms with E-state index in [0.29, 0.717) is 25.0 Å². The molecule has 0 unspecified atom stereocenters. The second kappa shape index (κ2) is 5.48. The zero-order chi connectivity index (χ0) is 14.2. The molecule has 20 heavy (non-hydrogen) atoms. The summed E-state index contributed by atoms with van der Waals surface area (Å²) in [7, 11) is -3.19. The molecule has 1 aromatic heterocycles. The Morgan fingerprint density at radius 3 is 2.95 bits per heavy atom. The summed E-state index contributed by atoms with van der Waals surface area (Å²) in [6.07, 6.45) is 4.63. The van der Waals surface area contributed by atoms with E-state index in [4.69, 9.17) is 9.15 Å². The molecule has 0 amide bonds. The largest absolute Gasteiger partial charge is 0.472 e. The molecule has 2 saturated heterocycles. The molecule has 0 spiro atoms. The molecular weight excluding hydrogens is 280 g/mol. The molecule has 0 aromatic carbocycles. The topological polar surface area (TPSA) is 71.8 Å². The standard InChI is InChI=1S/C13H20N2O4S/c1-20(16,17)14-13-9-19-8-11-5-15(6-12(11)13)4-10-2-3-18-7-10/h2-3,7,11-14H,4-6,8-9H2,1H3/t11-,12-,13+/m0/s1. The Labute approximate surface area is 119 Å². The van der Waals surface area contributed by atoms with Crippen LogP contribution in [0.3, 0.4) is 0 Å². The first-order chi connectivity index (χ1) is 9.51. The van der Waals surface area contributed by atoms with Crippen molar-refractivity contribution in [2.24, 2.45) is 11.8 Å². The van der Waals surface area contributed by atoms with E-state index in [2.05, 4.69) is 9.62 Å². The van der Waals surface area contributed by atoms with Crippen molar-refractivity contribution >= 4 is 10.0 Å². The predicted molar refractivity (Wildman–Crippen MR) is 73.6 cm³/mol. The maximum Gasteiger partial charge on any atom is 0.209 e. The number of fused-ring (bicyclic) bond motifs is 1. The van der Waals surface area contributed by atoms with Gasteiger partial charge in [-0.1, -0.05) is 0 Å². The fraction of sp³-hybridized carbons (Fsp3) is 0.692. The van der Waals surface area contributed by atoms with Crippen molar-refractivity contribution in [2.45, 2.75) is 12.6 Å². The van der Waals surface area contributed by atoms with Crippen LogP contribution in [0, 0.1) is 11.8 Å². The molecule has 0 aliphatic carbocycles. The lowest BCUT2D eigenvalue weighted by molar-refractivity contribution is 0.0164. The Bertz CT molecular complexity index is 543. The number of furan rings is 1. The zero-order valence-electron chi connectivity index (χ0n) is 11.5. The second-order valence-corrected chi connectivity index (χ2v) is 7.56. The molecule has 112 valence electrons. The third-order valence-corrected chi connectivity index (χ3v) is 4.80. The fourth-order valence-electron chi connectivity index (χ4n) is 3.26. The maximum atomic E-state index is 11.4. The van der Waals surface area contributed by atoms with Crippen molar-refractivity contribution in [3.05, 3.63) is 24.2 Å². The summed E-state index contributed by atoms with van der Waals surface area (Å²) in [5.74, 6) is 0.722. The van der Waals surface area contributed by atoms with Crippen molar-refractivity contribution in [1.29, 1.82) is 0 Å². The van der Waals surface area contributed by atoms with Gasteiger partial charge in [0.15, 0.2) is 0 Å². The van der Waals surface area contributed by atoms with Gasteiger partial charge >= 0.3 is 0 Å². The predicted octanol–water partition coefficient (Wildman–Crippen LogP) is 0.276. The van der Waals surface area contributed by atoms with Gasteiger partial charge in [0, 0.05) is 37.2 Å². The van der Waals surface area contributed by atoms with E-state index in [1.807, 2.05) is 6.07 Å². The van der Waals surface area contributed by atoms with Crippen LogP contribution in [-0.2, 0) is 21.3 Å². The van der Waals surface area contributed by atoms with Crippen molar-refractivity contribution < 1.29 is 17.6 Å². The van der Waals surface area contributed by atoms with Crippen LogP contribution in [0.1, 0.15) is 5.56 Å². The molecule has 2 fully saturated rings. The number of nitrogens with one attached hydrogen (secondary N) is 1. The quantitative estimate of drug-likeness (QED) is 0.864. The average molecular weight is 300 g/mol. The fourth-order valence-corrected chi connectivity index (χ4v) is 4.05. The molecule has 0 radical (unpaired) electrons. The van der Waals surface area contributed by atoms with E-state index in [-0.39, 0.29) is 6.04 Å². The molecule has 0 bridgehead atoms. The highest BCUT2D eigenvalue weighted by molar-refractivity contribution is 7.88. The summed E-state index contributed by atoms with van der Waals surface area (Å²) in [4.78, 5) is 2.34. The molecule has 7 heteroatoms. The van der Waals surface area contributed by atoms with E-state index in [1.54, 1.807) is 12.5 Å². The second-order valence-electron chi connectivity index (χ2n) is 5.78. The van der Waals surface area contributed by atoms with Crippen molar-refractivity contribution in [1.82, 2.24) is 9.62 Å². The van der Waals surface area contributed by atoms with Gasteiger partial charge in [0.1, 0.15) is 0 Å². The van der Waals surface area contributed by atoms with Gasteiger partial charge in [0.25, 0.3) is 0 Å². The van der Waals surface area contributed by atoms with Gasteiger partial charge in [0.05, 0.1) is 32.0 Å². The normalized spacial score (nSPS) is 31.4. The lowest BCUT2D eigenvalue weighted by atomic mass is 9.88. The smallest absolute Gasteiger partial charge is 0.209 e. The number of likely N-dealkylation sites (tertiary alicyclic amines) is 1. The van der Waals surface area contributed by atoms with Crippen molar-refractivity contribution in [2.75, 3.05) is 32.6 Å². The number of ether oxygens (including phenoxy) is 1. The SMILES string of the molecule is CS(=O)(=O)N[C@@H]1COC[C@@H]2CN(Cc3ccoc3)C[C@@H]21. The van der Waals surface area contributed by atoms with Gasteiger partial charge in [0.2, 0.25) is 10.0 Å². The van der Waals surface area contributed by atoms with Crippen LogP contribution in [0.4, 0.5) is 0 Å². The summed E-state index contributed by atoms with van der Waals surface area (Å²) in [5, 5.41) is 0. The van der Waals surface area contributed by atoms with Gasteiger partial charge in [-0.15, -0.1) is 0 Å². The molecule has 3 rings (SSSR count). The van der Waals surface area contributed by atoms with Crippen LogP contribution < -0.4 is 4.72 Å². The zero-order valence-corrected chi connectivity index (χ0v) is 12.3. The molecule has 3 atom stereocenters. The third kappa shape index (κ3) is 3.22. The van der Waals surface area contributed by atoms with Crippen LogP contribution in [0.5, 0.6) is 0 Å². The summed E-state index contributed by atoms with van der Waals surface area (Å²) in [6, 6.07) is 1.85. The van der Waals surface area contributed by atoms with Crippen molar-refractivity contribution in [3.63, 3.8) is 0 Å². The minimum absolute atomic E-state index is 0.113. The highest BCUT2D eigenvalue weighted by atomic mass is 32.2. The van der Waals surface area contributed by atoms with Gasteiger partial charge < -0.3 is 9.15 Å². The Morgan fingerprint density at radius 2 is 2.25 bits per heavy atom. The Hall–Kier alpha value is -0.890. The molecule has 6 nitrogen and oxygen atoms in total. The van der Waals surface area contributed by atoms with Crippen LogP contribution >= 0.6 is 0 Å². The molecule has 1 N–H and O–H groups in total. The molecule has 2 aliphatic rings. The average Bonchev–Trinajstić information content (AvgIpc) is 2.97. The van der Waals surface area contributed by atoms with Crippen molar-refractivity contribution in [3.8, 4) is 0 Å². The first-order valence-electron chi connectivity index (χ1n) is 6.80. The van der Waals surface area contributed by atoms with Crippen LogP contribution in [0.2, 0.25) is 0 Å². The first kappa shape index (κ1) is 14.1. The maximum absolute atomic E-state index is 11.4. The summed E-state index contributed by atoms with van der Waals surface area (Å²) in [5.41, 5.74) is 1.15. The molecular formula is C13H20N2O4S.